The van der Waals surface area contributed by atoms with Crippen LogP contribution in [0, 0.1) is 5.82 Å². The molecule has 1 aromatic carbocycles. The Morgan fingerprint density at radius 3 is 2.44 bits per heavy atom. The van der Waals surface area contributed by atoms with Gasteiger partial charge in [-0.2, -0.15) is 0 Å². The van der Waals surface area contributed by atoms with Gasteiger partial charge in [-0.3, -0.25) is 4.79 Å². The highest BCUT2D eigenvalue weighted by atomic mass is 19.1. The molecule has 0 heterocycles. The van der Waals surface area contributed by atoms with Crippen molar-refractivity contribution in [1.82, 2.24) is 0 Å². The molecule has 16 heavy (non-hydrogen) atoms. The van der Waals surface area contributed by atoms with Crippen LogP contribution in [-0.4, -0.2) is 33.7 Å². The molecule has 0 saturated carbocycles. The lowest BCUT2D eigenvalue weighted by molar-refractivity contribution is -0.153. The van der Waals surface area contributed by atoms with Crippen molar-refractivity contribution in [1.29, 1.82) is 0 Å². The van der Waals surface area contributed by atoms with Crippen LogP contribution in [0.4, 0.5) is 4.39 Å². The number of aldehydes is 1. The number of aliphatic hydroxyl groups excluding tert-OH is 2. The first-order valence-electron chi connectivity index (χ1n) is 4.31. The molecule has 0 aliphatic carbocycles. The van der Waals surface area contributed by atoms with Gasteiger partial charge in [-0.1, -0.05) is 12.1 Å². The zero-order chi connectivity index (χ0) is 12.3. The third-order valence-corrected chi connectivity index (χ3v) is 2.03. The normalized spacial score (nSPS) is 14.2. The third kappa shape index (κ3) is 2.41. The van der Waals surface area contributed by atoms with Gasteiger partial charge < -0.3 is 15.3 Å². The van der Waals surface area contributed by atoms with Gasteiger partial charge in [0, 0.05) is 11.1 Å². The lowest BCUT2D eigenvalue weighted by Crippen LogP contribution is -2.28. The molecule has 0 fully saturated rings. The van der Waals surface area contributed by atoms with E-state index in [1.54, 1.807) is 0 Å². The zero-order valence-corrected chi connectivity index (χ0v) is 8.00. The number of benzene rings is 1. The van der Waals surface area contributed by atoms with Crippen LogP contribution in [-0.2, 0) is 4.79 Å². The topological polar surface area (TPSA) is 94.8 Å². The minimum Gasteiger partial charge on any atom is -0.479 e. The van der Waals surface area contributed by atoms with Crippen LogP contribution >= 0.6 is 0 Å². The SMILES string of the molecule is O=Cc1ccc(C(O)C(O)C(=O)O)c(F)c1. The first kappa shape index (κ1) is 12.3. The number of carboxylic acid groups (broad SMARTS) is 1. The van der Waals surface area contributed by atoms with Crippen LogP contribution in [0.15, 0.2) is 18.2 Å². The van der Waals surface area contributed by atoms with Gasteiger partial charge in [0.05, 0.1) is 0 Å². The Labute approximate surface area is 89.8 Å². The van der Waals surface area contributed by atoms with E-state index < -0.39 is 24.0 Å². The predicted octanol–water partition coefficient (Wildman–Crippen LogP) is 0.117. The van der Waals surface area contributed by atoms with Crippen molar-refractivity contribution in [3.8, 4) is 0 Å². The van der Waals surface area contributed by atoms with Gasteiger partial charge in [0.15, 0.2) is 6.10 Å². The van der Waals surface area contributed by atoms with E-state index in [1.165, 1.54) is 6.07 Å². The Balaban J connectivity index is 3.04. The standard InChI is InChI=1S/C10H9FO5/c11-7-3-5(4-12)1-2-6(7)8(13)9(14)10(15)16/h1-4,8-9,13-14H,(H,15,16). The first-order valence-corrected chi connectivity index (χ1v) is 4.31. The van der Waals surface area contributed by atoms with E-state index in [1.807, 2.05) is 0 Å². The van der Waals surface area contributed by atoms with Crippen molar-refractivity contribution in [3.05, 3.63) is 35.1 Å². The van der Waals surface area contributed by atoms with Crippen molar-refractivity contribution >= 4 is 12.3 Å². The summed E-state index contributed by atoms with van der Waals surface area (Å²) in [5.41, 5.74) is -0.321. The third-order valence-electron chi connectivity index (χ3n) is 2.03. The van der Waals surface area contributed by atoms with Gasteiger partial charge >= 0.3 is 5.97 Å². The summed E-state index contributed by atoms with van der Waals surface area (Å²) in [4.78, 5) is 20.7. The minimum atomic E-state index is -2.11. The molecule has 0 aliphatic rings. The van der Waals surface area contributed by atoms with E-state index in [4.69, 9.17) is 10.2 Å². The van der Waals surface area contributed by atoms with E-state index in [9.17, 15) is 19.1 Å². The second kappa shape index (κ2) is 4.82. The Bertz CT molecular complexity index is 418. The Hall–Kier alpha value is -1.79. The average molecular weight is 228 g/mol. The number of carbonyl (C=O) groups is 2. The zero-order valence-electron chi connectivity index (χ0n) is 8.00. The van der Waals surface area contributed by atoms with Crippen LogP contribution in [0.1, 0.15) is 22.0 Å². The van der Waals surface area contributed by atoms with E-state index in [0.717, 1.165) is 12.1 Å². The largest absolute Gasteiger partial charge is 0.479 e. The fourth-order valence-electron chi connectivity index (χ4n) is 1.16. The number of aliphatic hydroxyl groups is 2. The number of halogens is 1. The molecule has 0 saturated heterocycles. The number of carboxylic acids is 1. The van der Waals surface area contributed by atoms with Crippen LogP contribution in [0.5, 0.6) is 0 Å². The molecule has 0 amide bonds. The number of hydrogen-bond donors (Lipinski definition) is 3. The Kier molecular flexibility index (Phi) is 3.70. The van der Waals surface area contributed by atoms with Crippen molar-refractivity contribution in [2.75, 3.05) is 0 Å². The molecule has 0 aliphatic heterocycles. The average Bonchev–Trinajstić information content (AvgIpc) is 2.26. The van der Waals surface area contributed by atoms with Crippen LogP contribution in [0.2, 0.25) is 0 Å². The molecule has 0 spiro atoms. The molecule has 0 radical (unpaired) electrons. The smallest absolute Gasteiger partial charge is 0.335 e. The van der Waals surface area contributed by atoms with Gasteiger partial charge in [0.1, 0.15) is 18.2 Å². The van der Waals surface area contributed by atoms with Crippen LogP contribution < -0.4 is 0 Å². The molecule has 0 aromatic heterocycles. The first-order chi connectivity index (χ1) is 7.47. The summed E-state index contributed by atoms with van der Waals surface area (Å²) in [6.45, 7) is 0. The van der Waals surface area contributed by atoms with Crippen molar-refractivity contribution in [2.24, 2.45) is 0 Å². The van der Waals surface area contributed by atoms with Gasteiger partial charge in [0.2, 0.25) is 0 Å². The van der Waals surface area contributed by atoms with Gasteiger partial charge in [-0.05, 0) is 6.07 Å². The Morgan fingerprint density at radius 1 is 1.38 bits per heavy atom. The fraction of sp³-hybridized carbons (Fsp3) is 0.200. The molecular weight excluding hydrogens is 219 g/mol. The summed E-state index contributed by atoms with van der Waals surface area (Å²) < 4.78 is 13.3. The Morgan fingerprint density at radius 2 is 2.00 bits per heavy atom. The highest BCUT2D eigenvalue weighted by molar-refractivity contribution is 5.75. The van der Waals surface area contributed by atoms with Crippen LogP contribution in [0.25, 0.3) is 0 Å². The van der Waals surface area contributed by atoms with Gasteiger partial charge in [0.25, 0.3) is 0 Å². The number of rotatable bonds is 4. The summed E-state index contributed by atoms with van der Waals surface area (Å²) in [6, 6.07) is 3.11. The fourth-order valence-corrected chi connectivity index (χ4v) is 1.16. The van der Waals surface area contributed by atoms with Crippen molar-refractivity contribution in [3.63, 3.8) is 0 Å². The molecule has 5 nitrogen and oxygen atoms in total. The molecule has 2 atom stereocenters. The number of aliphatic carboxylic acids is 1. The minimum absolute atomic E-state index is 0.0539. The van der Waals surface area contributed by atoms with E-state index in [2.05, 4.69) is 0 Å². The van der Waals surface area contributed by atoms with Crippen molar-refractivity contribution < 1.29 is 29.3 Å². The highest BCUT2D eigenvalue weighted by Crippen LogP contribution is 2.21. The molecule has 0 bridgehead atoms. The van der Waals surface area contributed by atoms with Gasteiger partial charge in [-0.15, -0.1) is 0 Å². The molecule has 1 aromatic rings. The van der Waals surface area contributed by atoms with E-state index >= 15 is 0 Å². The van der Waals surface area contributed by atoms with Crippen molar-refractivity contribution in [2.45, 2.75) is 12.2 Å². The van der Waals surface area contributed by atoms with E-state index in [-0.39, 0.29) is 11.1 Å². The molecule has 2 unspecified atom stereocenters. The second-order valence-corrected chi connectivity index (χ2v) is 3.13. The lowest BCUT2D eigenvalue weighted by Gasteiger charge is -2.14. The summed E-state index contributed by atoms with van der Waals surface area (Å²) in [5, 5.41) is 26.8. The molecule has 6 heteroatoms. The van der Waals surface area contributed by atoms with Crippen LogP contribution in [0.3, 0.4) is 0 Å². The molecular formula is C10H9FO5. The van der Waals surface area contributed by atoms with E-state index in [0.29, 0.717) is 6.29 Å². The summed E-state index contributed by atoms with van der Waals surface area (Å²) in [7, 11) is 0. The number of hydrogen-bond acceptors (Lipinski definition) is 4. The number of carbonyl (C=O) groups excluding carboxylic acids is 1. The molecule has 86 valence electrons. The summed E-state index contributed by atoms with van der Waals surface area (Å²) in [5.74, 6) is -2.61. The lowest BCUT2D eigenvalue weighted by atomic mass is 10.0. The predicted molar refractivity (Wildman–Crippen MR) is 50.4 cm³/mol. The molecule has 1 rings (SSSR count). The maximum atomic E-state index is 13.3. The quantitative estimate of drug-likeness (QED) is 0.636. The highest BCUT2D eigenvalue weighted by Gasteiger charge is 2.27. The maximum Gasteiger partial charge on any atom is 0.335 e. The summed E-state index contributed by atoms with van der Waals surface area (Å²) in [6.07, 6.45) is -3.58. The second-order valence-electron chi connectivity index (χ2n) is 3.13. The monoisotopic (exact) mass is 228 g/mol. The molecule has 3 N–H and O–H groups in total. The van der Waals surface area contributed by atoms with Gasteiger partial charge in [-0.25, -0.2) is 9.18 Å². The maximum absolute atomic E-state index is 13.3. The summed E-state index contributed by atoms with van der Waals surface area (Å²) >= 11 is 0.